The minimum absolute atomic E-state index is 0.655. The fraction of sp³-hybridized carbons (Fsp3) is 0.294. The van der Waals surface area contributed by atoms with Crippen LogP contribution >= 0.6 is 11.6 Å². The molecular formula is C17H18ClNO. The van der Waals surface area contributed by atoms with E-state index in [9.17, 15) is 5.11 Å². The van der Waals surface area contributed by atoms with E-state index in [-0.39, 0.29) is 0 Å². The molecule has 0 amide bonds. The Morgan fingerprint density at radius 3 is 2.65 bits per heavy atom. The first-order valence-corrected chi connectivity index (χ1v) is 7.28. The fourth-order valence-corrected chi connectivity index (χ4v) is 3.05. The molecule has 0 aromatic heterocycles. The van der Waals surface area contributed by atoms with Crippen LogP contribution in [0.5, 0.6) is 0 Å². The zero-order chi connectivity index (χ0) is 14.0. The zero-order valence-corrected chi connectivity index (χ0v) is 12.1. The molecule has 0 aliphatic carbocycles. The SMILES string of the molecule is OC1(c2cccc(Cl)c2)CCN(Cc2ccccc2)C1. The van der Waals surface area contributed by atoms with Crippen molar-refractivity contribution < 1.29 is 5.11 Å². The number of benzene rings is 2. The number of halogens is 1. The van der Waals surface area contributed by atoms with Crippen LogP contribution in [-0.4, -0.2) is 23.1 Å². The molecule has 0 spiro atoms. The van der Waals surface area contributed by atoms with Crippen LogP contribution in [-0.2, 0) is 12.1 Å². The summed E-state index contributed by atoms with van der Waals surface area (Å²) in [5, 5.41) is 11.5. The molecule has 20 heavy (non-hydrogen) atoms. The molecule has 0 saturated carbocycles. The lowest BCUT2D eigenvalue weighted by atomic mass is 9.93. The monoisotopic (exact) mass is 287 g/mol. The third-order valence-corrected chi connectivity index (χ3v) is 4.17. The minimum atomic E-state index is -0.778. The predicted molar refractivity (Wildman–Crippen MR) is 81.7 cm³/mol. The van der Waals surface area contributed by atoms with Crippen LogP contribution in [0.1, 0.15) is 17.5 Å². The van der Waals surface area contributed by atoms with Crippen LogP contribution in [0, 0.1) is 0 Å². The lowest BCUT2D eigenvalue weighted by Gasteiger charge is -2.24. The Labute approximate surface area is 124 Å². The van der Waals surface area contributed by atoms with E-state index in [2.05, 4.69) is 29.2 Å². The summed E-state index contributed by atoms with van der Waals surface area (Å²) in [4.78, 5) is 2.29. The smallest absolute Gasteiger partial charge is 0.104 e. The van der Waals surface area contributed by atoms with Gasteiger partial charge in [-0.05, 0) is 29.7 Å². The molecule has 0 bridgehead atoms. The van der Waals surface area contributed by atoms with Crippen LogP contribution < -0.4 is 0 Å². The Hall–Kier alpha value is -1.35. The minimum Gasteiger partial charge on any atom is -0.384 e. The molecule has 0 radical (unpaired) electrons. The number of nitrogens with zero attached hydrogens (tertiary/aromatic N) is 1. The third-order valence-electron chi connectivity index (χ3n) is 3.94. The summed E-state index contributed by atoms with van der Waals surface area (Å²) in [7, 11) is 0. The predicted octanol–water partition coefficient (Wildman–Crippen LogP) is 3.43. The van der Waals surface area contributed by atoms with Gasteiger partial charge in [-0.3, -0.25) is 4.90 Å². The quantitative estimate of drug-likeness (QED) is 0.935. The Kier molecular flexibility index (Phi) is 3.79. The second kappa shape index (κ2) is 5.57. The third kappa shape index (κ3) is 2.88. The van der Waals surface area contributed by atoms with Crippen molar-refractivity contribution in [3.63, 3.8) is 0 Å². The largest absolute Gasteiger partial charge is 0.384 e. The molecule has 2 aromatic carbocycles. The number of likely N-dealkylation sites (tertiary alicyclic amines) is 1. The van der Waals surface area contributed by atoms with E-state index < -0.39 is 5.60 Å². The highest BCUT2D eigenvalue weighted by Gasteiger charge is 2.37. The van der Waals surface area contributed by atoms with Gasteiger partial charge >= 0.3 is 0 Å². The van der Waals surface area contributed by atoms with Crippen molar-refractivity contribution >= 4 is 11.6 Å². The van der Waals surface area contributed by atoms with Crippen LogP contribution in [0.4, 0.5) is 0 Å². The highest BCUT2D eigenvalue weighted by molar-refractivity contribution is 6.30. The van der Waals surface area contributed by atoms with Gasteiger partial charge in [0.1, 0.15) is 5.60 Å². The van der Waals surface area contributed by atoms with Crippen molar-refractivity contribution in [2.75, 3.05) is 13.1 Å². The highest BCUT2D eigenvalue weighted by atomic mass is 35.5. The number of hydrogen-bond donors (Lipinski definition) is 1. The second-order valence-corrected chi connectivity index (χ2v) is 5.92. The summed E-state index contributed by atoms with van der Waals surface area (Å²) in [5.41, 5.74) is 1.42. The van der Waals surface area contributed by atoms with Crippen molar-refractivity contribution in [2.45, 2.75) is 18.6 Å². The van der Waals surface area contributed by atoms with Crippen LogP contribution in [0.25, 0.3) is 0 Å². The van der Waals surface area contributed by atoms with Gasteiger partial charge in [0.25, 0.3) is 0 Å². The maximum Gasteiger partial charge on any atom is 0.104 e. The van der Waals surface area contributed by atoms with Gasteiger partial charge in [-0.15, -0.1) is 0 Å². The Morgan fingerprint density at radius 2 is 1.90 bits per heavy atom. The molecule has 1 heterocycles. The first kappa shape index (κ1) is 13.6. The first-order chi connectivity index (χ1) is 9.66. The zero-order valence-electron chi connectivity index (χ0n) is 11.3. The van der Waals surface area contributed by atoms with Gasteiger partial charge in [-0.1, -0.05) is 54.1 Å². The number of β-amino-alcohol motifs (C(OH)–C–C–N with tert-alkyl or cyclic N) is 1. The first-order valence-electron chi connectivity index (χ1n) is 6.90. The molecular weight excluding hydrogens is 270 g/mol. The molecule has 2 nitrogen and oxygen atoms in total. The summed E-state index contributed by atoms with van der Waals surface area (Å²) >= 11 is 6.03. The van der Waals surface area contributed by atoms with E-state index in [0.29, 0.717) is 11.6 Å². The lowest BCUT2D eigenvalue weighted by Crippen LogP contribution is -2.30. The Morgan fingerprint density at radius 1 is 1.10 bits per heavy atom. The molecule has 3 rings (SSSR count). The summed E-state index contributed by atoms with van der Waals surface area (Å²) in [6, 6.07) is 17.9. The summed E-state index contributed by atoms with van der Waals surface area (Å²) in [6.07, 6.45) is 0.750. The van der Waals surface area contributed by atoms with Crippen LogP contribution in [0.2, 0.25) is 5.02 Å². The van der Waals surface area contributed by atoms with Crippen molar-refractivity contribution in [2.24, 2.45) is 0 Å². The normalized spacial score (nSPS) is 23.1. The molecule has 1 atom stereocenters. The van der Waals surface area contributed by atoms with Gasteiger partial charge < -0.3 is 5.11 Å². The Bertz CT molecular complexity index is 587. The van der Waals surface area contributed by atoms with Crippen molar-refractivity contribution in [1.82, 2.24) is 4.90 Å². The Balaban J connectivity index is 1.72. The van der Waals surface area contributed by atoms with Crippen molar-refractivity contribution in [3.05, 3.63) is 70.7 Å². The van der Waals surface area contributed by atoms with Crippen LogP contribution in [0.15, 0.2) is 54.6 Å². The average Bonchev–Trinajstić information content (AvgIpc) is 2.83. The van der Waals surface area contributed by atoms with E-state index in [1.807, 2.05) is 30.3 Å². The van der Waals surface area contributed by atoms with Gasteiger partial charge in [0.05, 0.1) is 0 Å². The van der Waals surface area contributed by atoms with Gasteiger partial charge in [-0.2, -0.15) is 0 Å². The van der Waals surface area contributed by atoms with Gasteiger partial charge in [0.2, 0.25) is 0 Å². The number of aliphatic hydroxyl groups is 1. The maximum atomic E-state index is 10.8. The molecule has 1 fully saturated rings. The summed E-state index contributed by atoms with van der Waals surface area (Å²) in [5.74, 6) is 0. The van der Waals surface area contributed by atoms with Crippen molar-refractivity contribution in [1.29, 1.82) is 0 Å². The highest BCUT2D eigenvalue weighted by Crippen LogP contribution is 2.33. The summed E-state index contributed by atoms with van der Waals surface area (Å²) < 4.78 is 0. The number of hydrogen-bond acceptors (Lipinski definition) is 2. The van der Waals surface area contributed by atoms with Crippen LogP contribution in [0.3, 0.4) is 0 Å². The van der Waals surface area contributed by atoms with E-state index in [1.54, 1.807) is 0 Å². The van der Waals surface area contributed by atoms with Gasteiger partial charge in [0, 0.05) is 24.7 Å². The molecule has 1 aliphatic heterocycles. The molecule has 1 unspecified atom stereocenters. The molecule has 1 aliphatic rings. The standard InChI is InChI=1S/C17H18ClNO/c18-16-8-4-7-15(11-16)17(20)9-10-19(13-17)12-14-5-2-1-3-6-14/h1-8,11,20H,9-10,12-13H2. The number of rotatable bonds is 3. The average molecular weight is 288 g/mol. The van der Waals surface area contributed by atoms with E-state index in [0.717, 1.165) is 25.1 Å². The summed E-state index contributed by atoms with van der Waals surface area (Å²) in [6.45, 7) is 2.43. The molecule has 3 heteroatoms. The molecule has 2 aromatic rings. The topological polar surface area (TPSA) is 23.5 Å². The van der Waals surface area contributed by atoms with E-state index in [1.165, 1.54) is 5.56 Å². The molecule has 104 valence electrons. The lowest BCUT2D eigenvalue weighted by molar-refractivity contribution is 0.0453. The fourth-order valence-electron chi connectivity index (χ4n) is 2.86. The maximum absolute atomic E-state index is 10.8. The van der Waals surface area contributed by atoms with E-state index in [4.69, 9.17) is 11.6 Å². The van der Waals surface area contributed by atoms with Gasteiger partial charge in [0.15, 0.2) is 0 Å². The molecule has 1 N–H and O–H groups in total. The van der Waals surface area contributed by atoms with Crippen molar-refractivity contribution in [3.8, 4) is 0 Å². The second-order valence-electron chi connectivity index (χ2n) is 5.49. The van der Waals surface area contributed by atoms with E-state index >= 15 is 0 Å². The molecule has 1 saturated heterocycles. The van der Waals surface area contributed by atoms with Gasteiger partial charge in [-0.25, -0.2) is 0 Å².